The highest BCUT2D eigenvalue weighted by Gasteiger charge is 2.03. The molecular weight excluding hydrogens is 300 g/mol. The number of unbranched alkanes of at least 4 members (excludes halogenated alkanes) is 1. The van der Waals surface area contributed by atoms with Crippen LogP contribution in [0.5, 0.6) is 10.9 Å². The summed E-state index contributed by atoms with van der Waals surface area (Å²) in [6.07, 6.45) is 3.57. The minimum absolute atomic E-state index is 0.554. The van der Waals surface area contributed by atoms with Gasteiger partial charge in [0.05, 0.1) is 0 Å². The molecule has 0 spiro atoms. The number of halogens is 1. The molecule has 2 rings (SSSR count). The molecule has 0 aliphatic heterocycles. The first kappa shape index (κ1) is 12.5. The zero-order valence-electron chi connectivity index (χ0n) is 9.52. The molecule has 0 aliphatic rings. The molecule has 0 saturated heterocycles. The van der Waals surface area contributed by atoms with Gasteiger partial charge in [-0.3, -0.25) is 0 Å². The summed E-state index contributed by atoms with van der Waals surface area (Å²) in [6.45, 7) is 2.20. The van der Waals surface area contributed by atoms with E-state index in [0.717, 1.165) is 16.1 Å². The van der Waals surface area contributed by atoms with Gasteiger partial charge in [-0.25, -0.2) is 0 Å². The second-order valence-electron chi connectivity index (χ2n) is 3.67. The summed E-state index contributed by atoms with van der Waals surface area (Å²) >= 11 is 4.62. The fraction of sp³-hybridized carbons (Fsp3) is 0.333. The van der Waals surface area contributed by atoms with E-state index in [-0.39, 0.29) is 0 Å². The smallest absolute Gasteiger partial charge is 0.300 e. The van der Waals surface area contributed by atoms with Crippen LogP contribution in [-0.2, 0) is 6.42 Å². The fourth-order valence-electron chi connectivity index (χ4n) is 1.44. The van der Waals surface area contributed by atoms with E-state index in [9.17, 15) is 0 Å². The van der Waals surface area contributed by atoms with Crippen LogP contribution in [0.3, 0.4) is 0 Å². The molecule has 1 aromatic carbocycles. The van der Waals surface area contributed by atoms with Gasteiger partial charge < -0.3 is 4.74 Å². The second-order valence-corrected chi connectivity index (χ2v) is 5.89. The van der Waals surface area contributed by atoms with Crippen molar-refractivity contribution in [2.75, 3.05) is 0 Å². The summed E-state index contributed by atoms with van der Waals surface area (Å²) in [4.78, 5) is 0. The first-order chi connectivity index (χ1) is 8.28. The van der Waals surface area contributed by atoms with Crippen LogP contribution in [-0.4, -0.2) is 10.2 Å². The van der Waals surface area contributed by atoms with E-state index < -0.39 is 0 Å². The SMILES string of the molecule is CCCCc1ccc(Oc2nnc(Br)s2)cc1. The lowest BCUT2D eigenvalue weighted by Crippen LogP contribution is -1.86. The second kappa shape index (κ2) is 6.12. The Labute approximate surface area is 113 Å². The van der Waals surface area contributed by atoms with Crippen molar-refractivity contribution in [3.63, 3.8) is 0 Å². The van der Waals surface area contributed by atoms with Crippen LogP contribution in [0, 0.1) is 0 Å². The molecular formula is C12H13BrN2OS. The number of rotatable bonds is 5. The topological polar surface area (TPSA) is 35.0 Å². The van der Waals surface area contributed by atoms with Gasteiger partial charge in [0.25, 0.3) is 5.19 Å². The van der Waals surface area contributed by atoms with Crippen LogP contribution in [0.15, 0.2) is 28.2 Å². The number of hydrogen-bond acceptors (Lipinski definition) is 4. The van der Waals surface area contributed by atoms with Gasteiger partial charge in [0, 0.05) is 0 Å². The van der Waals surface area contributed by atoms with Gasteiger partial charge in [0.1, 0.15) is 5.75 Å². The first-order valence-corrected chi connectivity index (χ1v) is 7.14. The molecule has 17 heavy (non-hydrogen) atoms. The summed E-state index contributed by atoms with van der Waals surface area (Å²) in [6, 6.07) is 8.14. The normalized spacial score (nSPS) is 10.5. The van der Waals surface area contributed by atoms with Crippen LogP contribution in [0.25, 0.3) is 0 Å². The van der Waals surface area contributed by atoms with Crippen molar-refractivity contribution < 1.29 is 4.74 Å². The summed E-state index contributed by atoms with van der Waals surface area (Å²) in [5.41, 5.74) is 1.35. The number of aryl methyl sites for hydroxylation is 1. The molecule has 1 heterocycles. The molecule has 0 N–H and O–H groups in total. The molecule has 1 aromatic heterocycles. The van der Waals surface area contributed by atoms with Gasteiger partial charge in [-0.2, -0.15) is 0 Å². The molecule has 0 saturated carbocycles. The highest BCUT2D eigenvalue weighted by molar-refractivity contribution is 9.11. The molecule has 0 unspecified atom stereocenters. The van der Waals surface area contributed by atoms with E-state index in [2.05, 4.69) is 45.2 Å². The molecule has 3 nitrogen and oxygen atoms in total. The van der Waals surface area contributed by atoms with Crippen LogP contribution in [0.4, 0.5) is 0 Å². The Bertz CT molecular complexity index is 470. The van der Waals surface area contributed by atoms with Crippen molar-refractivity contribution in [2.45, 2.75) is 26.2 Å². The number of hydrogen-bond donors (Lipinski definition) is 0. The Morgan fingerprint density at radius 2 is 2.00 bits per heavy atom. The highest BCUT2D eigenvalue weighted by Crippen LogP contribution is 2.27. The van der Waals surface area contributed by atoms with Crippen LogP contribution < -0.4 is 4.74 Å². The van der Waals surface area contributed by atoms with Gasteiger partial charge >= 0.3 is 0 Å². The molecule has 0 amide bonds. The van der Waals surface area contributed by atoms with Crippen molar-refractivity contribution in [3.05, 3.63) is 33.7 Å². The van der Waals surface area contributed by atoms with Gasteiger partial charge in [0.2, 0.25) is 0 Å². The van der Waals surface area contributed by atoms with Crippen molar-refractivity contribution in [3.8, 4) is 10.9 Å². The van der Waals surface area contributed by atoms with Gasteiger partial charge in [0.15, 0.2) is 3.92 Å². The Morgan fingerprint density at radius 1 is 1.24 bits per heavy atom. The molecule has 2 aromatic rings. The van der Waals surface area contributed by atoms with E-state index >= 15 is 0 Å². The van der Waals surface area contributed by atoms with Crippen molar-refractivity contribution in [2.24, 2.45) is 0 Å². The van der Waals surface area contributed by atoms with Gasteiger partial charge in [-0.15, -0.1) is 5.10 Å². The Hall–Kier alpha value is -0.940. The summed E-state index contributed by atoms with van der Waals surface area (Å²) in [5.74, 6) is 0.800. The number of ether oxygens (including phenoxy) is 1. The van der Waals surface area contributed by atoms with Gasteiger partial charge in [-0.1, -0.05) is 30.6 Å². The van der Waals surface area contributed by atoms with Crippen LogP contribution in [0.2, 0.25) is 0 Å². The summed E-state index contributed by atoms with van der Waals surface area (Å²) < 4.78 is 6.30. The predicted octanol–water partition coefficient (Wildman–Crippen LogP) is 4.44. The Morgan fingerprint density at radius 3 is 2.59 bits per heavy atom. The zero-order valence-corrected chi connectivity index (χ0v) is 11.9. The van der Waals surface area contributed by atoms with E-state index in [0.29, 0.717) is 5.19 Å². The average molecular weight is 313 g/mol. The maximum absolute atomic E-state index is 5.57. The minimum Gasteiger partial charge on any atom is -0.430 e. The minimum atomic E-state index is 0.554. The van der Waals surface area contributed by atoms with E-state index in [1.807, 2.05) is 12.1 Å². The van der Waals surface area contributed by atoms with Crippen molar-refractivity contribution >= 4 is 27.3 Å². The molecule has 5 heteroatoms. The lowest BCUT2D eigenvalue weighted by atomic mass is 10.1. The molecule has 0 fully saturated rings. The predicted molar refractivity (Wildman–Crippen MR) is 72.7 cm³/mol. The monoisotopic (exact) mass is 312 g/mol. The standard InChI is InChI=1S/C12H13BrN2OS/c1-2-3-4-9-5-7-10(8-6-9)16-12-15-14-11(13)17-12/h5-8H,2-4H2,1H3. The Kier molecular flexibility index (Phi) is 4.50. The number of benzene rings is 1. The fourth-order valence-corrected chi connectivity index (χ4v) is 2.38. The molecule has 0 bridgehead atoms. The van der Waals surface area contributed by atoms with E-state index in [4.69, 9.17) is 4.74 Å². The van der Waals surface area contributed by atoms with Crippen LogP contribution >= 0.6 is 27.3 Å². The molecule has 90 valence electrons. The molecule has 0 atom stereocenters. The van der Waals surface area contributed by atoms with Crippen molar-refractivity contribution in [1.29, 1.82) is 0 Å². The molecule has 0 aliphatic carbocycles. The third-order valence-electron chi connectivity index (χ3n) is 2.33. The third-order valence-corrected chi connectivity index (χ3v) is 3.56. The number of aromatic nitrogens is 2. The van der Waals surface area contributed by atoms with Crippen LogP contribution in [0.1, 0.15) is 25.3 Å². The summed E-state index contributed by atoms with van der Waals surface area (Å²) in [5, 5.41) is 8.27. The van der Waals surface area contributed by atoms with E-state index in [1.54, 1.807) is 0 Å². The lowest BCUT2D eigenvalue weighted by Gasteiger charge is -2.03. The largest absolute Gasteiger partial charge is 0.430 e. The first-order valence-electron chi connectivity index (χ1n) is 5.53. The van der Waals surface area contributed by atoms with Gasteiger partial charge in [-0.05, 0) is 57.8 Å². The molecule has 0 radical (unpaired) electrons. The maximum atomic E-state index is 5.57. The summed E-state index contributed by atoms with van der Waals surface area (Å²) in [7, 11) is 0. The highest BCUT2D eigenvalue weighted by atomic mass is 79.9. The van der Waals surface area contributed by atoms with Crippen molar-refractivity contribution in [1.82, 2.24) is 10.2 Å². The van der Waals surface area contributed by atoms with E-state index in [1.165, 1.54) is 29.7 Å². The lowest BCUT2D eigenvalue weighted by molar-refractivity contribution is 0.473. The number of nitrogens with zero attached hydrogens (tertiary/aromatic N) is 2. The Balaban J connectivity index is 1.98. The zero-order chi connectivity index (χ0) is 12.1. The third kappa shape index (κ3) is 3.78. The quantitative estimate of drug-likeness (QED) is 0.819. The average Bonchev–Trinajstić information content (AvgIpc) is 2.74. The maximum Gasteiger partial charge on any atom is 0.300 e.